The van der Waals surface area contributed by atoms with Gasteiger partial charge in [0.2, 0.25) is 5.91 Å². The largest absolute Gasteiger partial charge is 0.378 e. The lowest BCUT2D eigenvalue weighted by Crippen LogP contribution is -2.47. The Balaban J connectivity index is 1.35. The molecule has 132 valence electrons. The van der Waals surface area contributed by atoms with Crippen molar-refractivity contribution in [3.8, 4) is 0 Å². The highest BCUT2D eigenvalue weighted by Crippen LogP contribution is 2.33. The fraction of sp³-hybridized carbons (Fsp3) is 0.778. The van der Waals surface area contributed by atoms with Gasteiger partial charge >= 0.3 is 0 Å². The van der Waals surface area contributed by atoms with Gasteiger partial charge < -0.3 is 14.2 Å². The van der Waals surface area contributed by atoms with Crippen LogP contribution in [0.3, 0.4) is 0 Å². The van der Waals surface area contributed by atoms with Crippen LogP contribution >= 0.6 is 0 Å². The van der Waals surface area contributed by atoms with Gasteiger partial charge in [0.25, 0.3) is 0 Å². The van der Waals surface area contributed by atoms with Gasteiger partial charge in [-0.2, -0.15) is 0 Å². The number of aromatic nitrogens is 2. The molecule has 0 spiro atoms. The van der Waals surface area contributed by atoms with Crippen LogP contribution in [0.1, 0.15) is 37.4 Å². The topological polar surface area (TPSA) is 50.6 Å². The summed E-state index contributed by atoms with van der Waals surface area (Å²) >= 11 is 0. The minimum atomic E-state index is 0.250. The molecule has 0 radical (unpaired) electrons. The molecule has 24 heavy (non-hydrogen) atoms. The van der Waals surface area contributed by atoms with Crippen molar-refractivity contribution >= 4 is 5.91 Å². The lowest BCUT2D eigenvalue weighted by atomic mass is 9.97. The molecule has 3 aliphatic rings. The lowest BCUT2D eigenvalue weighted by molar-refractivity contribution is -0.136. The summed E-state index contributed by atoms with van der Waals surface area (Å²) in [6, 6.07) is 0. The number of carbonyl (C=O) groups excluding carboxylic acids is 1. The van der Waals surface area contributed by atoms with Crippen LogP contribution in [0, 0.1) is 5.92 Å². The smallest absolute Gasteiger partial charge is 0.236 e. The number of carbonyl (C=O) groups is 1. The van der Waals surface area contributed by atoms with Gasteiger partial charge in [-0.1, -0.05) is 0 Å². The van der Waals surface area contributed by atoms with Gasteiger partial charge in [0.15, 0.2) is 0 Å². The first-order valence-electron chi connectivity index (χ1n) is 9.38. The van der Waals surface area contributed by atoms with E-state index in [2.05, 4.69) is 20.6 Å². The number of piperidine rings is 1. The quantitative estimate of drug-likeness (QED) is 0.816. The SMILES string of the molecule is O=C(CN1CCC[C@@H](c2nccn2CC2CC2)C1)N1CCOCC1. The molecule has 6 nitrogen and oxygen atoms in total. The first-order valence-corrected chi connectivity index (χ1v) is 9.38. The van der Waals surface area contributed by atoms with E-state index in [-0.39, 0.29) is 5.91 Å². The van der Waals surface area contributed by atoms with Crippen LogP contribution in [0.25, 0.3) is 0 Å². The zero-order valence-corrected chi connectivity index (χ0v) is 14.4. The number of ether oxygens (including phenoxy) is 1. The van der Waals surface area contributed by atoms with Crippen LogP contribution in [0.5, 0.6) is 0 Å². The first-order chi connectivity index (χ1) is 11.8. The van der Waals surface area contributed by atoms with Gasteiger partial charge in [-0.3, -0.25) is 9.69 Å². The molecule has 4 rings (SSSR count). The van der Waals surface area contributed by atoms with Crippen LogP contribution < -0.4 is 0 Å². The standard InChI is InChI=1S/C18H28N4O2/c23-17(21-8-10-24-11-9-21)14-20-6-1-2-16(13-20)18-19-5-7-22(18)12-15-3-4-15/h5,7,15-16H,1-4,6,8-14H2/t16-/m1/s1. The molecule has 0 unspecified atom stereocenters. The molecular formula is C18H28N4O2. The number of amides is 1. The monoisotopic (exact) mass is 332 g/mol. The summed E-state index contributed by atoms with van der Waals surface area (Å²) in [6.45, 7) is 6.47. The summed E-state index contributed by atoms with van der Waals surface area (Å²) in [5.41, 5.74) is 0. The van der Waals surface area contributed by atoms with E-state index in [4.69, 9.17) is 4.74 Å². The minimum absolute atomic E-state index is 0.250. The summed E-state index contributed by atoms with van der Waals surface area (Å²) in [7, 11) is 0. The Morgan fingerprint density at radius 2 is 2.04 bits per heavy atom. The van der Waals surface area contributed by atoms with E-state index < -0.39 is 0 Å². The van der Waals surface area contributed by atoms with Crippen molar-refractivity contribution in [2.45, 2.75) is 38.1 Å². The molecule has 0 N–H and O–H groups in total. The third-order valence-electron chi connectivity index (χ3n) is 5.49. The second kappa shape index (κ2) is 7.23. The highest BCUT2D eigenvalue weighted by Gasteiger charge is 2.29. The summed E-state index contributed by atoms with van der Waals surface area (Å²) in [5, 5.41) is 0. The molecule has 0 aromatic carbocycles. The number of hydrogen-bond donors (Lipinski definition) is 0. The lowest BCUT2D eigenvalue weighted by Gasteiger charge is -2.34. The highest BCUT2D eigenvalue weighted by molar-refractivity contribution is 5.78. The molecule has 1 aliphatic carbocycles. The van der Waals surface area contributed by atoms with Gasteiger partial charge in [-0.25, -0.2) is 4.98 Å². The van der Waals surface area contributed by atoms with Gasteiger partial charge in [-0.05, 0) is 38.1 Å². The van der Waals surface area contributed by atoms with Gasteiger partial charge in [0, 0.05) is 44.5 Å². The van der Waals surface area contributed by atoms with E-state index in [1.54, 1.807) is 0 Å². The Hall–Kier alpha value is -1.40. The van der Waals surface area contributed by atoms with Crippen molar-refractivity contribution < 1.29 is 9.53 Å². The maximum Gasteiger partial charge on any atom is 0.236 e. The molecule has 2 aliphatic heterocycles. The molecule has 1 atom stereocenters. The summed E-state index contributed by atoms with van der Waals surface area (Å²) in [4.78, 5) is 21.4. The van der Waals surface area contributed by atoms with E-state index in [0.29, 0.717) is 25.7 Å². The number of hydrogen-bond acceptors (Lipinski definition) is 4. The van der Waals surface area contributed by atoms with Crippen molar-refractivity contribution in [2.75, 3.05) is 45.9 Å². The molecule has 3 heterocycles. The Kier molecular flexibility index (Phi) is 4.85. The van der Waals surface area contributed by atoms with Crippen LogP contribution in [0.4, 0.5) is 0 Å². The molecular weight excluding hydrogens is 304 g/mol. The molecule has 2 saturated heterocycles. The third-order valence-corrected chi connectivity index (χ3v) is 5.49. The van der Waals surface area contributed by atoms with E-state index in [1.165, 1.54) is 25.1 Å². The highest BCUT2D eigenvalue weighted by atomic mass is 16.5. The average molecular weight is 332 g/mol. The van der Waals surface area contributed by atoms with Crippen molar-refractivity contribution in [2.24, 2.45) is 5.92 Å². The van der Waals surface area contributed by atoms with Crippen LogP contribution in [-0.4, -0.2) is 71.2 Å². The van der Waals surface area contributed by atoms with Gasteiger partial charge in [-0.15, -0.1) is 0 Å². The van der Waals surface area contributed by atoms with Crippen LogP contribution in [0.2, 0.25) is 0 Å². The fourth-order valence-electron chi connectivity index (χ4n) is 3.93. The zero-order valence-electron chi connectivity index (χ0n) is 14.4. The molecule has 6 heteroatoms. The van der Waals surface area contributed by atoms with Crippen molar-refractivity contribution in [3.63, 3.8) is 0 Å². The molecule has 1 aromatic heterocycles. The normalized spacial score (nSPS) is 25.8. The zero-order chi connectivity index (χ0) is 16.4. The van der Waals surface area contributed by atoms with Crippen molar-refractivity contribution in [1.29, 1.82) is 0 Å². The predicted molar refractivity (Wildman–Crippen MR) is 90.8 cm³/mol. The van der Waals surface area contributed by atoms with Crippen LogP contribution in [-0.2, 0) is 16.1 Å². The van der Waals surface area contributed by atoms with Crippen molar-refractivity contribution in [1.82, 2.24) is 19.4 Å². The van der Waals surface area contributed by atoms with Crippen molar-refractivity contribution in [3.05, 3.63) is 18.2 Å². The fourth-order valence-corrected chi connectivity index (χ4v) is 3.93. The maximum atomic E-state index is 12.5. The molecule has 1 aromatic rings. The van der Waals surface area contributed by atoms with E-state index in [0.717, 1.165) is 45.1 Å². The summed E-state index contributed by atoms with van der Waals surface area (Å²) < 4.78 is 7.69. The minimum Gasteiger partial charge on any atom is -0.378 e. The maximum absolute atomic E-state index is 12.5. The number of nitrogens with zero attached hydrogens (tertiary/aromatic N) is 4. The second-order valence-electron chi connectivity index (χ2n) is 7.45. The number of likely N-dealkylation sites (tertiary alicyclic amines) is 1. The molecule has 1 saturated carbocycles. The van der Waals surface area contributed by atoms with Gasteiger partial charge in [0.05, 0.1) is 19.8 Å². The molecule has 1 amide bonds. The Morgan fingerprint density at radius 3 is 2.83 bits per heavy atom. The molecule has 3 fully saturated rings. The van der Waals surface area contributed by atoms with E-state index >= 15 is 0 Å². The summed E-state index contributed by atoms with van der Waals surface area (Å²) in [5.74, 6) is 2.80. The number of imidazole rings is 1. The Labute approximate surface area is 143 Å². The number of rotatable bonds is 5. The Morgan fingerprint density at radius 1 is 1.21 bits per heavy atom. The molecule has 0 bridgehead atoms. The second-order valence-corrected chi connectivity index (χ2v) is 7.45. The van der Waals surface area contributed by atoms with E-state index in [9.17, 15) is 4.79 Å². The van der Waals surface area contributed by atoms with E-state index in [1.807, 2.05) is 11.1 Å². The Bertz CT molecular complexity index is 563. The first kappa shape index (κ1) is 16.1. The number of morpholine rings is 1. The third kappa shape index (κ3) is 3.81. The predicted octanol–water partition coefficient (Wildman–Crippen LogP) is 1.33. The van der Waals surface area contributed by atoms with Gasteiger partial charge in [0.1, 0.15) is 5.82 Å². The summed E-state index contributed by atoms with van der Waals surface area (Å²) in [6.07, 6.45) is 9.13. The average Bonchev–Trinajstić information content (AvgIpc) is 3.31. The van der Waals surface area contributed by atoms with Crippen LogP contribution in [0.15, 0.2) is 12.4 Å².